The Hall–Kier alpha value is -0.830. The molecule has 1 heterocycles. The summed E-state index contributed by atoms with van der Waals surface area (Å²) in [4.78, 5) is 1.39. The minimum absolute atomic E-state index is 0.255. The Morgan fingerprint density at radius 1 is 1.22 bits per heavy atom. The molecule has 0 aliphatic carbocycles. The van der Waals surface area contributed by atoms with Crippen molar-refractivity contribution in [2.45, 2.75) is 32.4 Å². The summed E-state index contributed by atoms with van der Waals surface area (Å²) in [7, 11) is 0. The van der Waals surface area contributed by atoms with Crippen molar-refractivity contribution in [3.05, 3.63) is 57.2 Å². The molecule has 2 aromatic rings. The van der Waals surface area contributed by atoms with Crippen LogP contribution in [0.15, 0.2) is 41.8 Å². The third kappa shape index (κ3) is 3.14. The number of benzene rings is 1. The van der Waals surface area contributed by atoms with E-state index < -0.39 is 0 Å². The van der Waals surface area contributed by atoms with Gasteiger partial charge in [-0.15, -0.1) is 11.3 Å². The lowest BCUT2D eigenvalue weighted by Gasteiger charge is -2.22. The van der Waals surface area contributed by atoms with Crippen molar-refractivity contribution in [1.82, 2.24) is 5.32 Å². The van der Waals surface area contributed by atoms with E-state index in [1.165, 1.54) is 4.88 Å². The highest BCUT2D eigenvalue weighted by Gasteiger charge is 2.15. The molecule has 0 aliphatic heterocycles. The minimum atomic E-state index is 0.255. The summed E-state index contributed by atoms with van der Waals surface area (Å²) in [5, 5.41) is 6.61. The number of hydrogen-bond donors (Lipinski definition) is 1. The molecule has 2 rings (SSSR count). The van der Waals surface area contributed by atoms with E-state index in [0.29, 0.717) is 6.04 Å². The summed E-state index contributed by atoms with van der Waals surface area (Å²) < 4.78 is 0. The third-order valence-electron chi connectivity index (χ3n) is 3.12. The Balaban J connectivity index is 2.11. The zero-order valence-corrected chi connectivity index (χ0v) is 12.3. The lowest BCUT2D eigenvalue weighted by Crippen LogP contribution is -2.23. The van der Waals surface area contributed by atoms with Crippen molar-refractivity contribution in [3.63, 3.8) is 0 Å². The average Bonchev–Trinajstić information content (AvgIpc) is 2.90. The Labute approximate surface area is 118 Å². The Kier molecular flexibility index (Phi) is 4.81. The largest absolute Gasteiger partial charge is 0.303 e. The van der Waals surface area contributed by atoms with Crippen LogP contribution in [0.1, 0.15) is 42.8 Å². The first-order valence-corrected chi connectivity index (χ1v) is 7.52. The lowest BCUT2D eigenvalue weighted by molar-refractivity contribution is 0.462. The standard InChI is InChI=1S/C15H18ClNS/c1-3-14(15-9-6-10-18-15)17-11(2)12-7-4-5-8-13(12)16/h4-11,14,17H,3H2,1-2H3. The first-order chi connectivity index (χ1) is 8.72. The SMILES string of the molecule is CCC(NC(C)c1ccccc1Cl)c1cccs1. The topological polar surface area (TPSA) is 12.0 Å². The van der Waals surface area contributed by atoms with Crippen LogP contribution < -0.4 is 5.32 Å². The van der Waals surface area contributed by atoms with Crippen LogP contribution in [0.5, 0.6) is 0 Å². The zero-order chi connectivity index (χ0) is 13.0. The fourth-order valence-electron chi connectivity index (χ4n) is 2.11. The van der Waals surface area contributed by atoms with Gasteiger partial charge in [-0.25, -0.2) is 0 Å². The average molecular weight is 280 g/mol. The summed E-state index contributed by atoms with van der Waals surface area (Å²) in [6, 6.07) is 13.0. The number of hydrogen-bond acceptors (Lipinski definition) is 2. The summed E-state index contributed by atoms with van der Waals surface area (Å²) in [5.41, 5.74) is 1.16. The summed E-state index contributed by atoms with van der Waals surface area (Å²) in [6.07, 6.45) is 1.08. The van der Waals surface area contributed by atoms with Gasteiger partial charge in [-0.05, 0) is 36.4 Å². The molecule has 0 aliphatic rings. The monoisotopic (exact) mass is 279 g/mol. The maximum atomic E-state index is 6.23. The Bertz CT molecular complexity index is 481. The first kappa shape index (κ1) is 13.6. The summed E-state index contributed by atoms with van der Waals surface area (Å²) >= 11 is 8.03. The summed E-state index contributed by atoms with van der Waals surface area (Å²) in [6.45, 7) is 4.37. The molecule has 96 valence electrons. The fourth-order valence-corrected chi connectivity index (χ4v) is 3.28. The van der Waals surface area contributed by atoms with Crippen LogP contribution >= 0.6 is 22.9 Å². The van der Waals surface area contributed by atoms with Crippen LogP contribution in [0.2, 0.25) is 5.02 Å². The van der Waals surface area contributed by atoms with E-state index in [1.54, 1.807) is 11.3 Å². The van der Waals surface area contributed by atoms with Crippen LogP contribution in [0.3, 0.4) is 0 Å². The molecule has 1 nitrogen and oxygen atoms in total. The van der Waals surface area contributed by atoms with Gasteiger partial charge in [0.1, 0.15) is 0 Å². The van der Waals surface area contributed by atoms with Crippen molar-refractivity contribution < 1.29 is 0 Å². The van der Waals surface area contributed by atoms with E-state index >= 15 is 0 Å². The fraction of sp³-hybridized carbons (Fsp3) is 0.333. The van der Waals surface area contributed by atoms with Gasteiger partial charge in [-0.3, -0.25) is 0 Å². The van der Waals surface area contributed by atoms with E-state index in [9.17, 15) is 0 Å². The molecule has 0 spiro atoms. The Morgan fingerprint density at radius 2 is 2.00 bits per heavy atom. The van der Waals surface area contributed by atoms with Crippen molar-refractivity contribution >= 4 is 22.9 Å². The molecule has 0 saturated carbocycles. The van der Waals surface area contributed by atoms with Crippen LogP contribution in [0, 0.1) is 0 Å². The molecule has 0 radical (unpaired) electrons. The molecular formula is C15H18ClNS. The molecular weight excluding hydrogens is 262 g/mol. The first-order valence-electron chi connectivity index (χ1n) is 6.26. The highest BCUT2D eigenvalue weighted by atomic mass is 35.5. The highest BCUT2D eigenvalue weighted by molar-refractivity contribution is 7.10. The number of halogens is 1. The summed E-state index contributed by atoms with van der Waals surface area (Å²) in [5.74, 6) is 0. The van der Waals surface area contributed by atoms with Crippen LogP contribution in [0.4, 0.5) is 0 Å². The maximum absolute atomic E-state index is 6.23. The number of nitrogens with one attached hydrogen (secondary N) is 1. The molecule has 0 fully saturated rings. The quantitative estimate of drug-likeness (QED) is 0.793. The molecule has 0 bridgehead atoms. The van der Waals surface area contributed by atoms with Gasteiger partial charge >= 0.3 is 0 Å². The second-order valence-electron chi connectivity index (χ2n) is 4.39. The minimum Gasteiger partial charge on any atom is -0.303 e. The third-order valence-corrected chi connectivity index (χ3v) is 4.45. The molecule has 1 aromatic carbocycles. The van der Waals surface area contributed by atoms with Gasteiger partial charge in [0, 0.05) is 22.0 Å². The molecule has 1 aromatic heterocycles. The molecule has 18 heavy (non-hydrogen) atoms. The number of thiophene rings is 1. The van der Waals surface area contributed by atoms with E-state index in [1.807, 2.05) is 18.2 Å². The molecule has 0 saturated heterocycles. The number of rotatable bonds is 5. The maximum Gasteiger partial charge on any atom is 0.0453 e. The predicted molar refractivity (Wildman–Crippen MR) is 80.4 cm³/mol. The van der Waals surface area contributed by atoms with E-state index in [2.05, 4.69) is 42.7 Å². The van der Waals surface area contributed by atoms with Gasteiger partial charge < -0.3 is 5.32 Å². The molecule has 0 amide bonds. The normalized spacial score (nSPS) is 14.4. The molecule has 2 unspecified atom stereocenters. The van der Waals surface area contributed by atoms with E-state index in [-0.39, 0.29) is 6.04 Å². The van der Waals surface area contributed by atoms with Crippen molar-refractivity contribution in [3.8, 4) is 0 Å². The lowest BCUT2D eigenvalue weighted by atomic mass is 10.1. The van der Waals surface area contributed by atoms with Gasteiger partial charge in [0.05, 0.1) is 0 Å². The van der Waals surface area contributed by atoms with Crippen molar-refractivity contribution in [2.75, 3.05) is 0 Å². The van der Waals surface area contributed by atoms with Crippen molar-refractivity contribution in [1.29, 1.82) is 0 Å². The van der Waals surface area contributed by atoms with Crippen LogP contribution in [0.25, 0.3) is 0 Å². The predicted octanol–water partition coefficient (Wildman–Crippen LogP) is 5.20. The molecule has 2 atom stereocenters. The van der Waals surface area contributed by atoms with Gasteiger partial charge in [0.15, 0.2) is 0 Å². The van der Waals surface area contributed by atoms with E-state index in [0.717, 1.165) is 17.0 Å². The molecule has 1 N–H and O–H groups in total. The second kappa shape index (κ2) is 6.37. The van der Waals surface area contributed by atoms with Gasteiger partial charge in [0.25, 0.3) is 0 Å². The van der Waals surface area contributed by atoms with Gasteiger partial charge in [-0.2, -0.15) is 0 Å². The Morgan fingerprint density at radius 3 is 2.61 bits per heavy atom. The molecule has 3 heteroatoms. The van der Waals surface area contributed by atoms with E-state index in [4.69, 9.17) is 11.6 Å². The van der Waals surface area contributed by atoms with Gasteiger partial charge in [-0.1, -0.05) is 42.8 Å². The van der Waals surface area contributed by atoms with Crippen molar-refractivity contribution in [2.24, 2.45) is 0 Å². The smallest absolute Gasteiger partial charge is 0.0453 e. The zero-order valence-electron chi connectivity index (χ0n) is 10.7. The van der Waals surface area contributed by atoms with Crippen LogP contribution in [-0.4, -0.2) is 0 Å². The highest BCUT2D eigenvalue weighted by Crippen LogP contribution is 2.28. The second-order valence-corrected chi connectivity index (χ2v) is 5.77. The van der Waals surface area contributed by atoms with Gasteiger partial charge in [0.2, 0.25) is 0 Å². The van der Waals surface area contributed by atoms with Crippen LogP contribution in [-0.2, 0) is 0 Å².